The van der Waals surface area contributed by atoms with E-state index in [1.54, 1.807) is 0 Å². The SMILES string of the molecule is O=P1(c2cccc(-c3cc4c5ccccc5n(-c5nc(-c6ccccc6)c6ccccc6n5)c4c4c3-c3ccccc3P(=O)(c3ccccc3)N4c3ccccc3)c2)c2cc3c(cc2-c2cc4c5ccccc5n(-c5ccccc5)c4cc2N1c1ccccc1)c1ccccc1n3-c1ccccc1. The summed E-state index contributed by atoms with van der Waals surface area (Å²) in [7, 11) is -8.10. The Labute approximate surface area is 593 Å². The molecule has 103 heavy (non-hydrogen) atoms. The molecule has 0 aliphatic carbocycles. The van der Waals surface area contributed by atoms with Gasteiger partial charge >= 0.3 is 0 Å². The van der Waals surface area contributed by atoms with Crippen LogP contribution in [0.4, 0.5) is 22.7 Å². The van der Waals surface area contributed by atoms with Gasteiger partial charge in [0, 0.05) is 98.4 Å². The summed E-state index contributed by atoms with van der Waals surface area (Å²) in [6.07, 6.45) is 0. The highest BCUT2D eigenvalue weighted by molar-refractivity contribution is 7.81. The molecule has 0 bridgehead atoms. The molecule has 2 aliphatic heterocycles. The molecule has 9 nitrogen and oxygen atoms in total. The second-order valence-corrected chi connectivity index (χ2v) is 31.8. The third-order valence-corrected chi connectivity index (χ3v) is 27.2. The molecule has 0 saturated heterocycles. The minimum atomic E-state index is -4.18. The third-order valence-electron chi connectivity index (χ3n) is 21.1. The van der Waals surface area contributed by atoms with Crippen LogP contribution in [0.1, 0.15) is 0 Å². The fourth-order valence-corrected chi connectivity index (χ4v) is 22.9. The van der Waals surface area contributed by atoms with E-state index in [-0.39, 0.29) is 0 Å². The Morgan fingerprint density at radius 2 is 0.728 bits per heavy atom. The van der Waals surface area contributed by atoms with E-state index >= 15 is 9.13 Å². The number of fused-ring (bicyclic) bond motifs is 17. The van der Waals surface area contributed by atoms with Gasteiger partial charge in [0.25, 0.3) is 0 Å². The molecule has 0 amide bonds. The number of hydrogen-bond donors (Lipinski definition) is 0. The van der Waals surface area contributed by atoms with Crippen LogP contribution in [-0.4, -0.2) is 23.7 Å². The van der Waals surface area contributed by atoms with Gasteiger partial charge in [0.1, 0.15) is 0 Å². The van der Waals surface area contributed by atoms with Gasteiger partial charge in [-0.3, -0.25) is 23.0 Å². The van der Waals surface area contributed by atoms with Gasteiger partial charge in [-0.1, -0.05) is 224 Å². The Morgan fingerprint density at radius 3 is 1.36 bits per heavy atom. The van der Waals surface area contributed by atoms with E-state index in [2.05, 4.69) is 290 Å². The number of nitrogens with zero attached hydrogens (tertiary/aromatic N) is 7. The smallest absolute Gasteiger partial charge is 0.235 e. The van der Waals surface area contributed by atoms with Gasteiger partial charge in [-0.05, 0) is 156 Å². The maximum absolute atomic E-state index is 19.1. The van der Waals surface area contributed by atoms with Gasteiger partial charge in [0.05, 0.1) is 55.7 Å². The predicted molar refractivity (Wildman–Crippen MR) is 428 cm³/mol. The third kappa shape index (κ3) is 8.62. The number of rotatable bonds is 9. The van der Waals surface area contributed by atoms with Gasteiger partial charge in [0.15, 0.2) is 0 Å². The van der Waals surface area contributed by atoms with Crippen molar-refractivity contribution in [2.24, 2.45) is 0 Å². The van der Waals surface area contributed by atoms with Crippen LogP contribution in [0.3, 0.4) is 0 Å². The Kier molecular flexibility index (Phi) is 13.1. The maximum atomic E-state index is 19.1. The lowest BCUT2D eigenvalue weighted by molar-refractivity contribution is 0.586. The summed E-state index contributed by atoms with van der Waals surface area (Å²) in [4.78, 5) is 11.2. The van der Waals surface area contributed by atoms with Gasteiger partial charge in [0.2, 0.25) is 20.5 Å². The summed E-state index contributed by atoms with van der Waals surface area (Å²) in [6.45, 7) is 0. The zero-order valence-electron chi connectivity index (χ0n) is 55.4. The van der Waals surface area contributed by atoms with Crippen LogP contribution >= 0.6 is 14.6 Å². The summed E-state index contributed by atoms with van der Waals surface area (Å²) in [6, 6.07) is 124. The van der Waals surface area contributed by atoms with Gasteiger partial charge in [-0.2, -0.15) is 0 Å². The molecule has 484 valence electrons. The van der Waals surface area contributed by atoms with Gasteiger partial charge in [-0.25, -0.2) is 9.97 Å². The summed E-state index contributed by atoms with van der Waals surface area (Å²) >= 11 is 0. The number of aromatic nitrogens is 5. The van der Waals surface area contributed by atoms with Crippen molar-refractivity contribution in [1.29, 1.82) is 0 Å². The number of benzene rings is 15. The van der Waals surface area contributed by atoms with Crippen molar-refractivity contribution >= 4 is 135 Å². The molecule has 19 aromatic rings. The molecule has 0 N–H and O–H groups in total. The Bertz CT molecular complexity index is 6820. The van der Waals surface area contributed by atoms with Crippen molar-refractivity contribution in [3.8, 4) is 62.0 Å². The fourth-order valence-electron chi connectivity index (χ4n) is 16.8. The van der Waals surface area contributed by atoms with E-state index in [9.17, 15) is 0 Å². The van der Waals surface area contributed by atoms with Crippen LogP contribution < -0.4 is 30.6 Å². The monoisotopic (exact) mass is 1360 g/mol. The van der Waals surface area contributed by atoms with Crippen molar-refractivity contribution in [3.05, 3.63) is 358 Å². The first-order valence-electron chi connectivity index (χ1n) is 34.8. The fraction of sp³-hybridized carbons (Fsp3) is 0. The topological polar surface area (TPSA) is 81.2 Å². The first kappa shape index (κ1) is 59.0. The predicted octanol–water partition coefficient (Wildman–Crippen LogP) is 22.4. The van der Waals surface area contributed by atoms with Gasteiger partial charge < -0.3 is 9.13 Å². The van der Waals surface area contributed by atoms with Crippen LogP contribution in [0.15, 0.2) is 358 Å². The minimum Gasteiger partial charge on any atom is -0.309 e. The highest BCUT2D eigenvalue weighted by Gasteiger charge is 2.48. The van der Waals surface area contributed by atoms with E-state index < -0.39 is 14.6 Å². The summed E-state index contributed by atoms with van der Waals surface area (Å²) in [5, 5.41) is 9.89. The average molecular weight is 1360 g/mol. The molecular weight excluding hydrogens is 1300 g/mol. The quantitative estimate of drug-likeness (QED) is 0.134. The van der Waals surface area contributed by atoms with Crippen molar-refractivity contribution < 1.29 is 9.13 Å². The lowest BCUT2D eigenvalue weighted by atomic mass is 9.90. The zero-order valence-corrected chi connectivity index (χ0v) is 57.2. The first-order valence-corrected chi connectivity index (χ1v) is 38.1. The number of para-hydroxylation sites is 8. The van der Waals surface area contributed by atoms with Crippen LogP contribution in [0.25, 0.3) is 138 Å². The molecule has 0 radical (unpaired) electrons. The number of hydrogen-bond acceptors (Lipinski definition) is 4. The molecule has 15 aromatic carbocycles. The molecule has 21 rings (SSSR count). The lowest BCUT2D eigenvalue weighted by Crippen LogP contribution is -2.34. The molecule has 4 aromatic heterocycles. The molecule has 0 saturated carbocycles. The molecule has 2 unspecified atom stereocenters. The summed E-state index contributed by atoms with van der Waals surface area (Å²) in [5.41, 5.74) is 18.7. The molecular formula is C92H59N7O2P2. The Morgan fingerprint density at radius 1 is 0.272 bits per heavy atom. The Hall–Kier alpha value is -12.9. The van der Waals surface area contributed by atoms with Crippen molar-refractivity contribution in [1.82, 2.24) is 23.7 Å². The highest BCUT2D eigenvalue weighted by atomic mass is 31.2. The van der Waals surface area contributed by atoms with Crippen molar-refractivity contribution in [2.75, 3.05) is 9.34 Å². The molecule has 6 heterocycles. The summed E-state index contributed by atoms with van der Waals surface area (Å²) in [5.74, 6) is 0.472. The van der Waals surface area contributed by atoms with Crippen LogP contribution in [-0.2, 0) is 9.13 Å². The van der Waals surface area contributed by atoms with E-state index in [1.165, 1.54) is 0 Å². The average Bonchev–Trinajstić information content (AvgIpc) is 1.61. The normalized spacial score (nSPS) is 15.5. The molecule has 2 aliphatic rings. The second kappa shape index (κ2) is 22.8. The zero-order chi connectivity index (χ0) is 68.1. The molecule has 0 spiro atoms. The summed E-state index contributed by atoms with van der Waals surface area (Å²) < 4.78 is 48.3. The van der Waals surface area contributed by atoms with Crippen LogP contribution in [0, 0.1) is 0 Å². The van der Waals surface area contributed by atoms with E-state index in [0.29, 0.717) is 21.9 Å². The van der Waals surface area contributed by atoms with Gasteiger partial charge in [-0.15, -0.1) is 0 Å². The molecule has 0 fully saturated rings. The minimum absolute atomic E-state index is 0.472. The van der Waals surface area contributed by atoms with Crippen molar-refractivity contribution in [3.63, 3.8) is 0 Å². The molecule has 2 atom stereocenters. The van der Waals surface area contributed by atoms with Crippen LogP contribution in [0.2, 0.25) is 0 Å². The maximum Gasteiger partial charge on any atom is 0.235 e. The van der Waals surface area contributed by atoms with E-state index in [4.69, 9.17) is 9.97 Å². The lowest BCUT2D eigenvalue weighted by Gasteiger charge is -2.42. The van der Waals surface area contributed by atoms with E-state index in [0.717, 1.165) is 160 Å². The van der Waals surface area contributed by atoms with Crippen molar-refractivity contribution in [2.45, 2.75) is 0 Å². The van der Waals surface area contributed by atoms with E-state index in [1.807, 2.05) is 91.0 Å². The largest absolute Gasteiger partial charge is 0.309 e. The highest BCUT2D eigenvalue weighted by Crippen LogP contribution is 2.67. The van der Waals surface area contributed by atoms with Crippen LogP contribution in [0.5, 0.6) is 0 Å². The Balaban J connectivity index is 0.902. The standard InChI is InChI=1S/C92H59N7O2P2/c100-102(66-41-17-6-18-42-66)86-53-28-23-48-72(86)88-73(55-78-70-46-22-27-52-82(70)97(90(78)91(88)99(102)65-39-15-5-16-40-65)92-93-79-49-24-19-47-71(79)89(94-92)60-30-7-1-8-31-60)61-32-29-43-67(54-61)103(101)87-59-84-75(69-45-21-26-51-81(69)96(84)63-35-11-3-12-36-63)57-77(87)76-56-74-68-44-20-25-50-80(68)95(62-33-9-2-10-34-62)83(74)58-85(76)98(103)64-37-13-4-14-38-64/h1-59H. The second-order valence-electron chi connectivity index (χ2n) is 26.7. The molecule has 11 heteroatoms. The first-order chi connectivity index (χ1) is 50.9. The number of anilines is 4.